The zero-order chi connectivity index (χ0) is 20.6. The molecule has 2 N–H and O–H groups in total. The van der Waals surface area contributed by atoms with Gasteiger partial charge in [0, 0.05) is 23.9 Å². The average molecular weight is 392 g/mol. The molecular weight excluding hydrogens is 374 g/mol. The second kappa shape index (κ2) is 9.41. The molecule has 0 heterocycles. The molecule has 3 aromatic rings. The van der Waals surface area contributed by atoms with Gasteiger partial charge in [0.1, 0.15) is 11.6 Å². The minimum Gasteiger partial charge on any atom is -0.348 e. The van der Waals surface area contributed by atoms with Crippen LogP contribution < -0.4 is 10.6 Å². The molecule has 0 aliphatic rings. The zero-order valence-corrected chi connectivity index (χ0v) is 15.4. The van der Waals surface area contributed by atoms with E-state index in [1.54, 1.807) is 30.3 Å². The highest BCUT2D eigenvalue weighted by Gasteiger charge is 2.07. The number of anilines is 1. The predicted molar refractivity (Wildman–Crippen MR) is 108 cm³/mol. The quantitative estimate of drug-likeness (QED) is 0.605. The number of carbonyl (C=O) groups is 2. The highest BCUT2D eigenvalue weighted by Crippen LogP contribution is 2.13. The Hall–Kier alpha value is -3.80. The first-order chi connectivity index (χ1) is 14.0. The molecule has 0 saturated carbocycles. The Morgan fingerprint density at radius 2 is 1.62 bits per heavy atom. The van der Waals surface area contributed by atoms with Crippen molar-refractivity contribution in [3.8, 4) is 0 Å². The molecule has 0 saturated heterocycles. The second-order valence-corrected chi connectivity index (χ2v) is 6.27. The number of benzene rings is 3. The molecular formula is C23H18F2N2O2. The molecule has 146 valence electrons. The first-order valence-electron chi connectivity index (χ1n) is 8.87. The maximum absolute atomic E-state index is 13.1. The fraction of sp³-hybridized carbons (Fsp3) is 0.0435. The van der Waals surface area contributed by atoms with Gasteiger partial charge in [0.2, 0.25) is 5.91 Å². The third kappa shape index (κ3) is 6.10. The minimum absolute atomic E-state index is 0.257. The van der Waals surface area contributed by atoms with Crippen LogP contribution in [0, 0.1) is 11.6 Å². The Balaban J connectivity index is 1.56. The van der Waals surface area contributed by atoms with Gasteiger partial charge in [-0.05, 0) is 65.7 Å². The number of rotatable bonds is 6. The first kappa shape index (κ1) is 19.9. The summed E-state index contributed by atoms with van der Waals surface area (Å²) in [5, 5.41) is 5.46. The van der Waals surface area contributed by atoms with Gasteiger partial charge in [0.05, 0.1) is 0 Å². The predicted octanol–water partition coefficient (Wildman–Crippen LogP) is 4.55. The van der Waals surface area contributed by atoms with Crippen LogP contribution in [-0.4, -0.2) is 11.8 Å². The van der Waals surface area contributed by atoms with E-state index < -0.39 is 5.82 Å². The number of amides is 2. The maximum atomic E-state index is 13.1. The SMILES string of the molecule is O=C(/C=C/c1cccc(F)c1)NCc1cccc(NC(=O)c2ccc(F)cc2)c1. The van der Waals surface area contributed by atoms with Crippen molar-refractivity contribution in [1.29, 1.82) is 0 Å². The van der Waals surface area contributed by atoms with Crippen LogP contribution in [0.25, 0.3) is 6.08 Å². The summed E-state index contributed by atoms with van der Waals surface area (Å²) < 4.78 is 26.1. The van der Waals surface area contributed by atoms with Crippen LogP contribution >= 0.6 is 0 Å². The lowest BCUT2D eigenvalue weighted by molar-refractivity contribution is -0.116. The van der Waals surface area contributed by atoms with Crippen LogP contribution in [0.2, 0.25) is 0 Å². The van der Waals surface area contributed by atoms with Gasteiger partial charge in [-0.1, -0.05) is 24.3 Å². The number of carbonyl (C=O) groups excluding carboxylic acids is 2. The molecule has 0 aliphatic heterocycles. The molecule has 6 heteroatoms. The van der Waals surface area contributed by atoms with Crippen LogP contribution in [0.1, 0.15) is 21.5 Å². The largest absolute Gasteiger partial charge is 0.348 e. The monoisotopic (exact) mass is 392 g/mol. The standard InChI is InChI=1S/C23H18F2N2O2/c24-19-10-8-18(9-11-19)23(29)27-21-6-2-4-17(14-21)15-26-22(28)12-7-16-3-1-5-20(25)13-16/h1-14H,15H2,(H,26,28)(H,27,29)/b12-7+. The Labute approximate surface area is 166 Å². The van der Waals surface area contributed by atoms with Crippen molar-refractivity contribution in [2.75, 3.05) is 5.32 Å². The van der Waals surface area contributed by atoms with E-state index in [0.717, 1.165) is 5.56 Å². The lowest BCUT2D eigenvalue weighted by atomic mass is 10.1. The summed E-state index contributed by atoms with van der Waals surface area (Å²) in [6.07, 6.45) is 2.85. The molecule has 0 unspecified atom stereocenters. The molecule has 29 heavy (non-hydrogen) atoms. The second-order valence-electron chi connectivity index (χ2n) is 6.27. The van der Waals surface area contributed by atoms with Crippen LogP contribution in [0.15, 0.2) is 78.9 Å². The maximum Gasteiger partial charge on any atom is 0.255 e. The fourth-order valence-corrected chi connectivity index (χ4v) is 2.59. The fourth-order valence-electron chi connectivity index (χ4n) is 2.59. The van der Waals surface area contributed by atoms with Gasteiger partial charge in [0.15, 0.2) is 0 Å². The van der Waals surface area contributed by atoms with Crippen LogP contribution in [0.5, 0.6) is 0 Å². The van der Waals surface area contributed by atoms with Gasteiger partial charge in [-0.3, -0.25) is 9.59 Å². The summed E-state index contributed by atoms with van der Waals surface area (Å²) in [4.78, 5) is 24.2. The molecule has 0 aliphatic carbocycles. The molecule has 3 rings (SSSR count). The number of hydrogen-bond donors (Lipinski definition) is 2. The number of halogens is 2. The van der Waals surface area contributed by atoms with Gasteiger partial charge in [-0.25, -0.2) is 8.78 Å². The molecule has 0 radical (unpaired) electrons. The van der Waals surface area contributed by atoms with Crippen molar-refractivity contribution in [3.63, 3.8) is 0 Å². The van der Waals surface area contributed by atoms with Gasteiger partial charge >= 0.3 is 0 Å². The van der Waals surface area contributed by atoms with Crippen LogP contribution in [0.4, 0.5) is 14.5 Å². The zero-order valence-electron chi connectivity index (χ0n) is 15.4. The smallest absolute Gasteiger partial charge is 0.255 e. The van der Waals surface area contributed by atoms with E-state index in [2.05, 4.69) is 10.6 Å². The molecule has 0 fully saturated rings. The molecule has 2 amide bonds. The Bertz CT molecular complexity index is 1050. The van der Waals surface area contributed by atoms with Gasteiger partial charge in [-0.2, -0.15) is 0 Å². The first-order valence-corrected chi connectivity index (χ1v) is 8.87. The highest BCUT2D eigenvalue weighted by molar-refractivity contribution is 6.04. The topological polar surface area (TPSA) is 58.2 Å². The van der Waals surface area contributed by atoms with E-state index in [1.807, 2.05) is 6.07 Å². The van der Waals surface area contributed by atoms with E-state index in [-0.39, 0.29) is 24.2 Å². The Morgan fingerprint density at radius 1 is 0.862 bits per heavy atom. The Kier molecular flexibility index (Phi) is 6.47. The van der Waals surface area contributed by atoms with E-state index in [4.69, 9.17) is 0 Å². The highest BCUT2D eigenvalue weighted by atomic mass is 19.1. The van der Waals surface area contributed by atoms with E-state index in [1.165, 1.54) is 48.6 Å². The molecule has 0 aromatic heterocycles. The van der Waals surface area contributed by atoms with Crippen LogP contribution in [-0.2, 0) is 11.3 Å². The summed E-state index contributed by atoms with van der Waals surface area (Å²) in [7, 11) is 0. The lowest BCUT2D eigenvalue weighted by Gasteiger charge is -2.08. The number of hydrogen-bond acceptors (Lipinski definition) is 2. The van der Waals surface area contributed by atoms with E-state index >= 15 is 0 Å². The summed E-state index contributed by atoms with van der Waals surface area (Å²) in [5.74, 6) is -1.46. The Morgan fingerprint density at radius 3 is 2.38 bits per heavy atom. The van der Waals surface area contributed by atoms with Crippen molar-refractivity contribution in [2.45, 2.75) is 6.54 Å². The summed E-state index contributed by atoms with van der Waals surface area (Å²) in [5.41, 5.74) is 2.27. The molecule has 0 bridgehead atoms. The normalized spacial score (nSPS) is 10.7. The number of nitrogens with one attached hydrogen (secondary N) is 2. The molecule has 3 aromatic carbocycles. The van der Waals surface area contributed by atoms with Crippen molar-refractivity contribution in [1.82, 2.24) is 5.32 Å². The average Bonchev–Trinajstić information content (AvgIpc) is 2.71. The molecule has 4 nitrogen and oxygen atoms in total. The lowest BCUT2D eigenvalue weighted by Crippen LogP contribution is -2.20. The van der Waals surface area contributed by atoms with Gasteiger partial charge in [0.25, 0.3) is 5.91 Å². The molecule has 0 atom stereocenters. The van der Waals surface area contributed by atoms with Crippen molar-refractivity contribution < 1.29 is 18.4 Å². The third-order valence-corrected chi connectivity index (χ3v) is 4.03. The third-order valence-electron chi connectivity index (χ3n) is 4.03. The van der Waals surface area contributed by atoms with E-state index in [9.17, 15) is 18.4 Å². The van der Waals surface area contributed by atoms with Crippen LogP contribution in [0.3, 0.4) is 0 Å². The summed E-state index contributed by atoms with van der Waals surface area (Å²) in [6, 6.07) is 18.2. The van der Waals surface area contributed by atoms with Crippen molar-refractivity contribution in [2.24, 2.45) is 0 Å². The van der Waals surface area contributed by atoms with Crippen molar-refractivity contribution in [3.05, 3.63) is 107 Å². The van der Waals surface area contributed by atoms with Gasteiger partial charge in [-0.15, -0.1) is 0 Å². The summed E-state index contributed by atoms with van der Waals surface area (Å²) in [6.45, 7) is 0.257. The van der Waals surface area contributed by atoms with Crippen molar-refractivity contribution >= 4 is 23.6 Å². The molecule has 0 spiro atoms. The van der Waals surface area contributed by atoms with Gasteiger partial charge < -0.3 is 10.6 Å². The summed E-state index contributed by atoms with van der Waals surface area (Å²) >= 11 is 0. The minimum atomic E-state index is -0.411. The van der Waals surface area contributed by atoms with E-state index in [0.29, 0.717) is 16.8 Å².